The van der Waals surface area contributed by atoms with E-state index < -0.39 is 0 Å². The van der Waals surface area contributed by atoms with Crippen LogP contribution in [0.4, 0.5) is 5.95 Å². The van der Waals surface area contributed by atoms with Gasteiger partial charge in [0.05, 0.1) is 12.8 Å². The van der Waals surface area contributed by atoms with Crippen molar-refractivity contribution >= 4 is 5.95 Å². The van der Waals surface area contributed by atoms with Gasteiger partial charge in [-0.05, 0) is 13.0 Å². The summed E-state index contributed by atoms with van der Waals surface area (Å²) in [5, 5.41) is 0. The van der Waals surface area contributed by atoms with Crippen LogP contribution in [0, 0.1) is 0 Å². The Morgan fingerprint density at radius 1 is 1.47 bits per heavy atom. The van der Waals surface area contributed by atoms with E-state index in [-0.39, 0.29) is 0 Å². The smallest absolute Gasteiger partial charge is 0.223 e. The molecule has 0 fully saturated rings. The fourth-order valence-electron chi connectivity index (χ4n) is 1.91. The molecule has 2 heterocycles. The monoisotopic (exact) mass is 208 g/mol. The van der Waals surface area contributed by atoms with Crippen molar-refractivity contribution in [3.05, 3.63) is 11.3 Å². The number of nitrogens with zero attached hydrogens (tertiary/aromatic N) is 3. The maximum Gasteiger partial charge on any atom is 0.223 e. The van der Waals surface area contributed by atoms with Gasteiger partial charge in [0.15, 0.2) is 0 Å². The first-order valence-corrected chi connectivity index (χ1v) is 5.16. The Bertz CT molecular complexity index is 367. The molecule has 1 aromatic rings. The number of ether oxygens (including phenoxy) is 1. The Morgan fingerprint density at radius 2 is 2.27 bits per heavy atom. The molecule has 5 heteroatoms. The standard InChI is InChI=1S/C10H16N4O/c1-3-14-5-4-7-8(6-14)12-10(11)13-9(7)15-2/h3-6H2,1-2H3,(H2,11,12,13). The van der Waals surface area contributed by atoms with Gasteiger partial charge in [-0.15, -0.1) is 0 Å². The highest BCUT2D eigenvalue weighted by Gasteiger charge is 2.21. The van der Waals surface area contributed by atoms with Gasteiger partial charge in [0, 0.05) is 18.7 Å². The van der Waals surface area contributed by atoms with Crippen LogP contribution in [0.2, 0.25) is 0 Å². The molecule has 0 aromatic carbocycles. The second-order valence-electron chi connectivity index (χ2n) is 3.64. The third-order valence-electron chi connectivity index (χ3n) is 2.76. The minimum Gasteiger partial charge on any atom is -0.481 e. The summed E-state index contributed by atoms with van der Waals surface area (Å²) in [6, 6.07) is 0. The van der Waals surface area contributed by atoms with Gasteiger partial charge < -0.3 is 10.5 Å². The minimum absolute atomic E-state index is 0.295. The van der Waals surface area contributed by atoms with E-state index >= 15 is 0 Å². The van der Waals surface area contributed by atoms with E-state index in [0.717, 1.165) is 37.3 Å². The van der Waals surface area contributed by atoms with Crippen LogP contribution in [-0.2, 0) is 13.0 Å². The summed E-state index contributed by atoms with van der Waals surface area (Å²) in [5.74, 6) is 0.928. The van der Waals surface area contributed by atoms with Crippen molar-refractivity contribution in [2.45, 2.75) is 19.9 Å². The van der Waals surface area contributed by atoms with E-state index in [1.165, 1.54) is 0 Å². The third kappa shape index (κ3) is 1.87. The number of hydrogen-bond acceptors (Lipinski definition) is 5. The molecule has 82 valence electrons. The lowest BCUT2D eigenvalue weighted by Gasteiger charge is -2.27. The third-order valence-corrected chi connectivity index (χ3v) is 2.76. The van der Waals surface area contributed by atoms with Crippen molar-refractivity contribution in [2.24, 2.45) is 0 Å². The zero-order chi connectivity index (χ0) is 10.8. The Kier molecular flexibility index (Phi) is 2.73. The van der Waals surface area contributed by atoms with E-state index in [1.54, 1.807) is 7.11 Å². The van der Waals surface area contributed by atoms with Gasteiger partial charge in [0.25, 0.3) is 0 Å². The fourth-order valence-corrected chi connectivity index (χ4v) is 1.91. The van der Waals surface area contributed by atoms with Crippen LogP contribution in [0.25, 0.3) is 0 Å². The van der Waals surface area contributed by atoms with Gasteiger partial charge in [-0.25, -0.2) is 4.98 Å². The van der Waals surface area contributed by atoms with Gasteiger partial charge in [0.2, 0.25) is 11.8 Å². The molecule has 0 atom stereocenters. The molecule has 0 amide bonds. The minimum atomic E-state index is 0.295. The number of nitrogens with two attached hydrogens (primary N) is 1. The Balaban J connectivity index is 2.38. The number of anilines is 1. The summed E-state index contributed by atoms with van der Waals surface area (Å²) in [5.41, 5.74) is 7.74. The molecule has 15 heavy (non-hydrogen) atoms. The van der Waals surface area contributed by atoms with Crippen molar-refractivity contribution in [3.63, 3.8) is 0 Å². The van der Waals surface area contributed by atoms with Gasteiger partial charge in [0.1, 0.15) is 0 Å². The van der Waals surface area contributed by atoms with Crippen molar-refractivity contribution < 1.29 is 4.74 Å². The van der Waals surface area contributed by atoms with Crippen LogP contribution in [0.3, 0.4) is 0 Å². The van der Waals surface area contributed by atoms with Gasteiger partial charge >= 0.3 is 0 Å². The molecule has 2 rings (SSSR count). The number of likely N-dealkylation sites (N-methyl/N-ethyl adjacent to an activating group) is 1. The summed E-state index contributed by atoms with van der Waals surface area (Å²) in [4.78, 5) is 10.7. The van der Waals surface area contributed by atoms with E-state index in [1.807, 2.05) is 0 Å². The normalized spacial score (nSPS) is 16.1. The van der Waals surface area contributed by atoms with Gasteiger partial charge in [-0.3, -0.25) is 4.90 Å². The number of hydrogen-bond donors (Lipinski definition) is 1. The van der Waals surface area contributed by atoms with Gasteiger partial charge in [-0.2, -0.15) is 4.98 Å². The predicted molar refractivity (Wildman–Crippen MR) is 57.7 cm³/mol. The number of aromatic nitrogens is 2. The molecule has 1 aliphatic heterocycles. The maximum absolute atomic E-state index is 5.62. The highest BCUT2D eigenvalue weighted by molar-refractivity contribution is 5.37. The number of fused-ring (bicyclic) bond motifs is 1. The SMILES string of the molecule is CCN1CCc2c(nc(N)nc2OC)C1. The molecule has 1 aromatic heterocycles. The number of methoxy groups -OCH3 is 1. The summed E-state index contributed by atoms with van der Waals surface area (Å²) in [7, 11) is 1.62. The summed E-state index contributed by atoms with van der Waals surface area (Å²) >= 11 is 0. The second kappa shape index (κ2) is 4.02. The van der Waals surface area contributed by atoms with E-state index in [4.69, 9.17) is 10.5 Å². The summed E-state index contributed by atoms with van der Waals surface area (Å²) in [6.45, 7) is 5.06. The average molecular weight is 208 g/mol. The van der Waals surface area contributed by atoms with Crippen LogP contribution in [0.15, 0.2) is 0 Å². The Labute approximate surface area is 89.3 Å². The van der Waals surface area contributed by atoms with Crippen molar-refractivity contribution in [2.75, 3.05) is 25.9 Å². The molecule has 0 unspecified atom stereocenters. The predicted octanol–water partition coefficient (Wildman–Crippen LogP) is 0.445. The highest BCUT2D eigenvalue weighted by Crippen LogP contribution is 2.25. The van der Waals surface area contributed by atoms with Crippen molar-refractivity contribution in [3.8, 4) is 5.88 Å². The molecule has 1 aliphatic rings. The quantitative estimate of drug-likeness (QED) is 0.764. The average Bonchev–Trinajstić information content (AvgIpc) is 2.26. The number of rotatable bonds is 2. The zero-order valence-corrected chi connectivity index (χ0v) is 9.16. The largest absolute Gasteiger partial charge is 0.481 e. The molecule has 0 radical (unpaired) electrons. The van der Waals surface area contributed by atoms with E-state index in [9.17, 15) is 0 Å². The summed E-state index contributed by atoms with van der Waals surface area (Å²) < 4.78 is 5.21. The van der Waals surface area contributed by atoms with Crippen LogP contribution >= 0.6 is 0 Å². The maximum atomic E-state index is 5.62. The first-order chi connectivity index (χ1) is 7.24. The van der Waals surface area contributed by atoms with Crippen molar-refractivity contribution in [1.29, 1.82) is 0 Å². The molecule has 0 aliphatic carbocycles. The second-order valence-corrected chi connectivity index (χ2v) is 3.64. The highest BCUT2D eigenvalue weighted by atomic mass is 16.5. The number of nitrogen functional groups attached to an aromatic ring is 1. The molecule has 5 nitrogen and oxygen atoms in total. The Morgan fingerprint density at radius 3 is 2.93 bits per heavy atom. The molecule has 0 saturated heterocycles. The summed E-state index contributed by atoms with van der Waals surface area (Å²) in [6.07, 6.45) is 0.937. The molecule has 0 spiro atoms. The lowest BCUT2D eigenvalue weighted by molar-refractivity contribution is 0.258. The van der Waals surface area contributed by atoms with Crippen LogP contribution < -0.4 is 10.5 Å². The van der Waals surface area contributed by atoms with E-state index in [2.05, 4.69) is 21.8 Å². The van der Waals surface area contributed by atoms with Crippen LogP contribution in [0.1, 0.15) is 18.2 Å². The van der Waals surface area contributed by atoms with Crippen LogP contribution in [0.5, 0.6) is 5.88 Å². The first-order valence-electron chi connectivity index (χ1n) is 5.16. The molecule has 2 N–H and O–H groups in total. The zero-order valence-electron chi connectivity index (χ0n) is 9.16. The molecular formula is C10H16N4O. The Hall–Kier alpha value is -1.36. The van der Waals surface area contributed by atoms with Crippen molar-refractivity contribution in [1.82, 2.24) is 14.9 Å². The van der Waals surface area contributed by atoms with E-state index in [0.29, 0.717) is 11.8 Å². The van der Waals surface area contributed by atoms with Gasteiger partial charge in [-0.1, -0.05) is 6.92 Å². The van der Waals surface area contributed by atoms with Crippen LogP contribution in [-0.4, -0.2) is 35.1 Å². The lowest BCUT2D eigenvalue weighted by atomic mass is 10.1. The molecular weight excluding hydrogens is 192 g/mol. The molecule has 0 bridgehead atoms. The fraction of sp³-hybridized carbons (Fsp3) is 0.600. The topological polar surface area (TPSA) is 64.3 Å². The molecule has 0 saturated carbocycles. The lowest BCUT2D eigenvalue weighted by Crippen LogP contribution is -2.31. The first kappa shape index (κ1) is 10.2.